The van der Waals surface area contributed by atoms with Gasteiger partial charge in [0.2, 0.25) is 0 Å². The summed E-state index contributed by atoms with van der Waals surface area (Å²) in [5.41, 5.74) is 13.5. The molecule has 7 heteroatoms. The SMILES string of the molecule is CCCCCC(CC)CN1C(=O)C2=C(c3ccc(-c4ccc(CCN)cc4)s3)N(CC(CC)CCCC)C(=O)C2=C1c1ccc(-c2ccc(CCC)cc2)s1. The maximum absolute atomic E-state index is 15.2. The van der Waals surface area contributed by atoms with Crippen molar-refractivity contribution in [2.75, 3.05) is 19.6 Å². The molecule has 2 atom stereocenters. The number of amides is 2. The molecule has 0 aliphatic carbocycles. The van der Waals surface area contributed by atoms with Gasteiger partial charge < -0.3 is 15.5 Å². The molecule has 2 unspecified atom stereocenters. The van der Waals surface area contributed by atoms with Gasteiger partial charge in [-0.15, -0.1) is 22.7 Å². The highest BCUT2D eigenvalue weighted by molar-refractivity contribution is 7.17. The van der Waals surface area contributed by atoms with Crippen LogP contribution in [-0.4, -0.2) is 41.2 Å². The molecule has 2 amide bonds. The summed E-state index contributed by atoms with van der Waals surface area (Å²) in [6.45, 7) is 13.0. The second-order valence-corrected chi connectivity index (χ2v) is 17.6. The topological polar surface area (TPSA) is 66.6 Å². The van der Waals surface area contributed by atoms with Gasteiger partial charge in [0.25, 0.3) is 11.8 Å². The van der Waals surface area contributed by atoms with Gasteiger partial charge in [0.05, 0.1) is 32.3 Å². The van der Waals surface area contributed by atoms with E-state index in [0.29, 0.717) is 42.6 Å². The molecule has 0 saturated heterocycles. The number of thiophene rings is 2. The van der Waals surface area contributed by atoms with Crippen LogP contribution in [0.2, 0.25) is 0 Å². The number of carbonyl (C=O) groups is 2. The summed E-state index contributed by atoms with van der Waals surface area (Å²) in [6.07, 6.45) is 12.9. The van der Waals surface area contributed by atoms with Crippen molar-refractivity contribution in [1.29, 1.82) is 0 Å². The lowest BCUT2D eigenvalue weighted by atomic mass is 9.97. The van der Waals surface area contributed by atoms with Crippen molar-refractivity contribution in [2.45, 2.75) is 112 Å². The van der Waals surface area contributed by atoms with Crippen molar-refractivity contribution in [3.63, 3.8) is 0 Å². The first kappa shape index (κ1) is 40.9. The Bertz CT molecular complexity index is 1970. The highest BCUT2D eigenvalue weighted by Gasteiger charge is 2.50. The molecule has 0 spiro atoms. The number of unbranched alkanes of at least 4 members (excludes halogenated alkanes) is 3. The van der Waals surface area contributed by atoms with Gasteiger partial charge in [0, 0.05) is 22.8 Å². The molecule has 2 aliphatic heterocycles. The van der Waals surface area contributed by atoms with Crippen LogP contribution in [0.5, 0.6) is 0 Å². The second kappa shape index (κ2) is 19.4. The van der Waals surface area contributed by atoms with Crippen LogP contribution in [0, 0.1) is 11.8 Å². The minimum absolute atomic E-state index is 0.0219. The fraction of sp³-hybridized carbons (Fsp3) is 0.458. The summed E-state index contributed by atoms with van der Waals surface area (Å²) < 4.78 is 0. The van der Waals surface area contributed by atoms with E-state index in [1.165, 1.54) is 29.5 Å². The predicted molar refractivity (Wildman–Crippen MR) is 235 cm³/mol. The molecule has 292 valence electrons. The zero-order valence-electron chi connectivity index (χ0n) is 33.8. The Balaban J connectivity index is 1.48. The van der Waals surface area contributed by atoms with Crippen LogP contribution in [0.3, 0.4) is 0 Å². The van der Waals surface area contributed by atoms with Crippen LogP contribution in [0.1, 0.15) is 120 Å². The normalized spacial score (nSPS) is 15.5. The molecule has 5 nitrogen and oxygen atoms in total. The van der Waals surface area contributed by atoms with Gasteiger partial charge in [-0.3, -0.25) is 9.59 Å². The molecule has 0 bridgehead atoms. The number of aryl methyl sites for hydroxylation is 1. The number of nitrogens with zero attached hydrogens (tertiary/aromatic N) is 2. The maximum atomic E-state index is 15.2. The monoisotopic (exact) mass is 775 g/mol. The Hall–Kier alpha value is -3.78. The summed E-state index contributed by atoms with van der Waals surface area (Å²) >= 11 is 3.38. The molecule has 0 fully saturated rings. The second-order valence-electron chi connectivity index (χ2n) is 15.5. The first-order chi connectivity index (χ1) is 26.8. The average molecular weight is 776 g/mol. The van der Waals surface area contributed by atoms with E-state index in [0.717, 1.165) is 101 Å². The molecule has 2 N–H and O–H groups in total. The lowest BCUT2D eigenvalue weighted by Crippen LogP contribution is -2.34. The molecule has 0 saturated carbocycles. The summed E-state index contributed by atoms with van der Waals surface area (Å²) in [7, 11) is 0. The average Bonchev–Trinajstić information content (AvgIpc) is 4.00. The van der Waals surface area contributed by atoms with E-state index in [9.17, 15) is 0 Å². The minimum Gasteiger partial charge on any atom is -0.330 e. The zero-order valence-corrected chi connectivity index (χ0v) is 35.4. The van der Waals surface area contributed by atoms with Gasteiger partial charge in [0.15, 0.2) is 0 Å². The molecule has 2 aliphatic rings. The van der Waals surface area contributed by atoms with Crippen LogP contribution < -0.4 is 5.73 Å². The van der Waals surface area contributed by atoms with Crippen LogP contribution in [0.4, 0.5) is 0 Å². The lowest BCUT2D eigenvalue weighted by Gasteiger charge is -2.29. The van der Waals surface area contributed by atoms with Gasteiger partial charge in [-0.1, -0.05) is 135 Å². The molecule has 4 aromatic rings. The van der Waals surface area contributed by atoms with Crippen LogP contribution >= 0.6 is 22.7 Å². The quantitative estimate of drug-likeness (QED) is 0.0857. The number of hydrogen-bond acceptors (Lipinski definition) is 5. The smallest absolute Gasteiger partial charge is 0.261 e. The van der Waals surface area contributed by atoms with Crippen molar-refractivity contribution in [2.24, 2.45) is 17.6 Å². The third-order valence-corrected chi connectivity index (χ3v) is 13.8. The largest absolute Gasteiger partial charge is 0.330 e. The summed E-state index contributed by atoms with van der Waals surface area (Å²) in [5.74, 6) is 0.672. The molecular formula is C48H61N3O2S2. The van der Waals surface area contributed by atoms with E-state index in [-0.39, 0.29) is 11.8 Å². The minimum atomic E-state index is -0.0233. The lowest BCUT2D eigenvalue weighted by molar-refractivity contribution is -0.124. The van der Waals surface area contributed by atoms with Gasteiger partial charge in [0.1, 0.15) is 0 Å². The number of nitrogens with two attached hydrogens (primary N) is 1. The van der Waals surface area contributed by atoms with Crippen molar-refractivity contribution < 1.29 is 9.59 Å². The Morgan fingerprint density at radius 2 is 0.964 bits per heavy atom. The first-order valence-corrected chi connectivity index (χ1v) is 22.7. The molecule has 0 radical (unpaired) electrons. The van der Waals surface area contributed by atoms with Gasteiger partial charge in [-0.25, -0.2) is 0 Å². The molecule has 2 aromatic carbocycles. The van der Waals surface area contributed by atoms with E-state index >= 15 is 9.59 Å². The van der Waals surface area contributed by atoms with E-state index in [1.54, 1.807) is 22.7 Å². The molecular weight excluding hydrogens is 715 g/mol. The zero-order chi connectivity index (χ0) is 38.9. The Labute approximate surface area is 338 Å². The van der Waals surface area contributed by atoms with E-state index < -0.39 is 0 Å². The van der Waals surface area contributed by atoms with E-state index in [4.69, 9.17) is 5.73 Å². The third kappa shape index (κ3) is 9.11. The van der Waals surface area contributed by atoms with Gasteiger partial charge in [-0.05, 0) is 90.6 Å². The molecule has 2 aromatic heterocycles. The fourth-order valence-corrected chi connectivity index (χ4v) is 10.3. The van der Waals surface area contributed by atoms with Crippen molar-refractivity contribution in [3.05, 3.63) is 105 Å². The maximum Gasteiger partial charge on any atom is 0.261 e. The number of carbonyl (C=O) groups excluding carboxylic acids is 2. The highest BCUT2D eigenvalue weighted by atomic mass is 32.1. The van der Waals surface area contributed by atoms with Crippen molar-refractivity contribution in [3.8, 4) is 20.9 Å². The predicted octanol–water partition coefficient (Wildman–Crippen LogP) is 12.2. The molecule has 6 rings (SSSR count). The summed E-state index contributed by atoms with van der Waals surface area (Å²) in [4.78, 5) is 38.5. The van der Waals surface area contributed by atoms with Crippen molar-refractivity contribution >= 4 is 45.9 Å². The number of rotatable bonds is 21. The third-order valence-electron chi connectivity index (χ3n) is 11.5. The van der Waals surface area contributed by atoms with Crippen LogP contribution in [-0.2, 0) is 22.4 Å². The van der Waals surface area contributed by atoms with Crippen LogP contribution in [0.25, 0.3) is 32.3 Å². The highest BCUT2D eigenvalue weighted by Crippen LogP contribution is 2.50. The molecule has 55 heavy (non-hydrogen) atoms. The van der Waals surface area contributed by atoms with Crippen LogP contribution in [0.15, 0.2) is 83.9 Å². The van der Waals surface area contributed by atoms with Crippen molar-refractivity contribution in [1.82, 2.24) is 9.80 Å². The summed E-state index contributed by atoms with van der Waals surface area (Å²) in [6, 6.07) is 26.1. The number of hydrogen-bond donors (Lipinski definition) is 1. The van der Waals surface area contributed by atoms with E-state index in [2.05, 4.69) is 107 Å². The van der Waals surface area contributed by atoms with E-state index in [1.807, 2.05) is 9.80 Å². The van der Waals surface area contributed by atoms with Gasteiger partial charge in [-0.2, -0.15) is 0 Å². The van der Waals surface area contributed by atoms with Gasteiger partial charge >= 0.3 is 0 Å². The molecule has 4 heterocycles. The standard InChI is InChI=1S/C48H61N3O2S2/c1-6-11-13-16-34(10-5)32-51-46(42-27-25-39(54-42)37-21-17-35(14-8-3)18-22-37)44-43(48(51)53)45(50(47(44)52)31-33(9-4)15-12-7-2)41-28-26-40(55-41)38-23-19-36(20-24-38)29-30-49/h17-28,33-34H,6-16,29-32,49H2,1-5H3. The first-order valence-electron chi connectivity index (χ1n) is 21.1. The Morgan fingerprint density at radius 1 is 0.527 bits per heavy atom. The Morgan fingerprint density at radius 3 is 1.38 bits per heavy atom. The Kier molecular flexibility index (Phi) is 14.4. The fourth-order valence-electron chi connectivity index (χ4n) is 8.17. The summed E-state index contributed by atoms with van der Waals surface area (Å²) in [5, 5.41) is 0. The number of fused-ring (bicyclic) bond motifs is 1. The number of benzene rings is 2.